The summed E-state index contributed by atoms with van der Waals surface area (Å²) in [4.78, 5) is 0. The lowest BCUT2D eigenvalue weighted by Crippen LogP contribution is -2.00. The van der Waals surface area contributed by atoms with Gasteiger partial charge in [-0.25, -0.2) is 0 Å². The van der Waals surface area contributed by atoms with Crippen LogP contribution in [-0.2, 0) is 0 Å². The predicted molar refractivity (Wildman–Crippen MR) is 65.5 cm³/mol. The number of nitrogens with one attached hydrogen (secondary N) is 1. The number of benzene rings is 1. The molecule has 3 nitrogen and oxygen atoms in total. The summed E-state index contributed by atoms with van der Waals surface area (Å²) in [6.07, 6.45) is 3.86. The van der Waals surface area contributed by atoms with Crippen molar-refractivity contribution in [1.29, 1.82) is 5.26 Å². The standard InChI is InChI=1S/C11H12BrN3/c12-11-7-10(4-3-9(11)8-14)15-6-2-1-5-13/h1-4,7,15H,5-6,13H2/b2-1+. The van der Waals surface area contributed by atoms with Gasteiger partial charge in [-0.3, -0.25) is 0 Å². The second kappa shape index (κ2) is 6.23. The summed E-state index contributed by atoms with van der Waals surface area (Å²) in [6.45, 7) is 1.29. The van der Waals surface area contributed by atoms with E-state index < -0.39 is 0 Å². The Morgan fingerprint density at radius 2 is 2.27 bits per heavy atom. The summed E-state index contributed by atoms with van der Waals surface area (Å²) < 4.78 is 0.804. The van der Waals surface area contributed by atoms with Crippen molar-refractivity contribution < 1.29 is 0 Å². The highest BCUT2D eigenvalue weighted by molar-refractivity contribution is 9.10. The Bertz CT molecular complexity index is 393. The molecule has 1 rings (SSSR count). The van der Waals surface area contributed by atoms with Gasteiger partial charge in [0.2, 0.25) is 0 Å². The van der Waals surface area contributed by atoms with Gasteiger partial charge in [0.05, 0.1) is 5.56 Å². The molecule has 0 amide bonds. The zero-order valence-electron chi connectivity index (χ0n) is 8.20. The van der Waals surface area contributed by atoms with Crippen molar-refractivity contribution in [1.82, 2.24) is 0 Å². The topological polar surface area (TPSA) is 61.8 Å². The van der Waals surface area contributed by atoms with Gasteiger partial charge in [-0.1, -0.05) is 12.2 Å². The van der Waals surface area contributed by atoms with Crippen LogP contribution in [0.4, 0.5) is 5.69 Å². The van der Waals surface area contributed by atoms with Gasteiger partial charge in [0.1, 0.15) is 6.07 Å². The van der Waals surface area contributed by atoms with E-state index in [0.717, 1.165) is 16.7 Å². The maximum atomic E-state index is 8.73. The summed E-state index contributed by atoms with van der Waals surface area (Å²) in [6, 6.07) is 7.63. The molecule has 0 aliphatic rings. The minimum Gasteiger partial charge on any atom is -0.382 e. The Morgan fingerprint density at radius 3 is 2.87 bits per heavy atom. The zero-order chi connectivity index (χ0) is 11.1. The van der Waals surface area contributed by atoms with Gasteiger partial charge in [-0.15, -0.1) is 0 Å². The van der Waals surface area contributed by atoms with Crippen LogP contribution in [0.3, 0.4) is 0 Å². The lowest BCUT2D eigenvalue weighted by Gasteiger charge is -2.04. The lowest BCUT2D eigenvalue weighted by atomic mass is 10.2. The van der Waals surface area contributed by atoms with Crippen LogP contribution in [0.25, 0.3) is 0 Å². The van der Waals surface area contributed by atoms with E-state index in [4.69, 9.17) is 11.0 Å². The second-order valence-electron chi connectivity index (χ2n) is 2.89. The quantitative estimate of drug-likeness (QED) is 0.821. The molecular formula is C11H12BrN3. The molecule has 0 aromatic heterocycles. The first kappa shape index (κ1) is 11.8. The number of hydrogen-bond donors (Lipinski definition) is 2. The number of nitrogens with zero attached hydrogens (tertiary/aromatic N) is 1. The largest absolute Gasteiger partial charge is 0.382 e. The van der Waals surface area contributed by atoms with Crippen molar-refractivity contribution in [3.63, 3.8) is 0 Å². The van der Waals surface area contributed by atoms with Gasteiger partial charge in [0, 0.05) is 23.2 Å². The third kappa shape index (κ3) is 3.74. The minimum atomic E-state index is 0.554. The molecule has 4 heteroatoms. The number of nitrogens with two attached hydrogens (primary N) is 1. The molecule has 0 fully saturated rings. The molecule has 78 valence electrons. The number of halogens is 1. The highest BCUT2D eigenvalue weighted by Gasteiger charge is 1.98. The van der Waals surface area contributed by atoms with Gasteiger partial charge in [0.15, 0.2) is 0 Å². The summed E-state index contributed by atoms with van der Waals surface area (Å²) >= 11 is 3.33. The van der Waals surface area contributed by atoms with Crippen molar-refractivity contribution in [2.24, 2.45) is 5.73 Å². The van der Waals surface area contributed by atoms with Crippen LogP contribution < -0.4 is 11.1 Å². The molecule has 0 saturated carbocycles. The first-order valence-corrected chi connectivity index (χ1v) is 5.36. The number of anilines is 1. The SMILES string of the molecule is N#Cc1ccc(NC/C=C/CN)cc1Br. The van der Waals surface area contributed by atoms with Crippen molar-refractivity contribution in [3.8, 4) is 6.07 Å². The van der Waals surface area contributed by atoms with Crippen molar-refractivity contribution in [2.45, 2.75) is 0 Å². The third-order valence-corrected chi connectivity index (χ3v) is 2.47. The fraction of sp³-hybridized carbons (Fsp3) is 0.182. The molecule has 0 spiro atoms. The Hall–Kier alpha value is -1.31. The highest BCUT2D eigenvalue weighted by Crippen LogP contribution is 2.20. The first-order chi connectivity index (χ1) is 7.27. The van der Waals surface area contributed by atoms with E-state index in [1.165, 1.54) is 0 Å². The van der Waals surface area contributed by atoms with Crippen molar-refractivity contribution in [3.05, 3.63) is 40.4 Å². The van der Waals surface area contributed by atoms with Crippen LogP contribution in [-0.4, -0.2) is 13.1 Å². The van der Waals surface area contributed by atoms with Crippen LogP contribution in [0.5, 0.6) is 0 Å². The summed E-state index contributed by atoms with van der Waals surface area (Å²) in [5.41, 5.74) is 6.92. The monoisotopic (exact) mass is 265 g/mol. The minimum absolute atomic E-state index is 0.554. The fourth-order valence-electron chi connectivity index (χ4n) is 1.07. The normalized spacial score (nSPS) is 10.2. The molecule has 0 atom stereocenters. The van der Waals surface area contributed by atoms with Gasteiger partial charge in [-0.2, -0.15) is 5.26 Å². The second-order valence-corrected chi connectivity index (χ2v) is 3.75. The van der Waals surface area contributed by atoms with E-state index >= 15 is 0 Å². The van der Waals surface area contributed by atoms with Crippen LogP contribution in [0.1, 0.15) is 5.56 Å². The zero-order valence-corrected chi connectivity index (χ0v) is 9.79. The summed E-state index contributed by atoms with van der Waals surface area (Å²) in [7, 11) is 0. The molecule has 3 N–H and O–H groups in total. The smallest absolute Gasteiger partial charge is 0.100 e. The lowest BCUT2D eigenvalue weighted by molar-refractivity contribution is 1.22. The Labute approximate surface area is 97.7 Å². The van der Waals surface area contributed by atoms with E-state index in [-0.39, 0.29) is 0 Å². The van der Waals surface area contributed by atoms with E-state index in [1.807, 2.05) is 24.3 Å². The first-order valence-electron chi connectivity index (χ1n) is 4.56. The van der Waals surface area contributed by atoms with E-state index in [9.17, 15) is 0 Å². The molecule has 0 heterocycles. The average molecular weight is 266 g/mol. The molecule has 0 aliphatic carbocycles. The summed E-state index contributed by atoms with van der Waals surface area (Å²) in [5, 5.41) is 11.9. The molecule has 0 saturated heterocycles. The van der Waals surface area contributed by atoms with Gasteiger partial charge in [0.25, 0.3) is 0 Å². The number of nitriles is 1. The molecule has 0 bridgehead atoms. The van der Waals surface area contributed by atoms with E-state index in [2.05, 4.69) is 27.3 Å². The molecule has 1 aromatic carbocycles. The maximum Gasteiger partial charge on any atom is 0.100 e. The fourth-order valence-corrected chi connectivity index (χ4v) is 1.54. The average Bonchev–Trinajstić information content (AvgIpc) is 2.25. The van der Waals surface area contributed by atoms with Gasteiger partial charge >= 0.3 is 0 Å². The highest BCUT2D eigenvalue weighted by atomic mass is 79.9. The number of rotatable bonds is 4. The third-order valence-electron chi connectivity index (χ3n) is 1.82. The van der Waals surface area contributed by atoms with E-state index in [0.29, 0.717) is 12.1 Å². The van der Waals surface area contributed by atoms with Crippen LogP contribution in [0, 0.1) is 11.3 Å². The molecule has 15 heavy (non-hydrogen) atoms. The Morgan fingerprint density at radius 1 is 1.47 bits per heavy atom. The molecule has 1 aromatic rings. The number of hydrogen-bond acceptors (Lipinski definition) is 3. The maximum absolute atomic E-state index is 8.73. The van der Waals surface area contributed by atoms with Crippen LogP contribution in [0.15, 0.2) is 34.8 Å². The van der Waals surface area contributed by atoms with Crippen molar-refractivity contribution in [2.75, 3.05) is 18.4 Å². The van der Waals surface area contributed by atoms with Crippen molar-refractivity contribution >= 4 is 21.6 Å². The Balaban J connectivity index is 2.60. The Kier molecular flexibility index (Phi) is 4.88. The predicted octanol–water partition coefficient (Wildman–Crippen LogP) is 2.25. The molecule has 0 unspecified atom stereocenters. The van der Waals surface area contributed by atoms with Crippen LogP contribution in [0.2, 0.25) is 0 Å². The van der Waals surface area contributed by atoms with Gasteiger partial charge < -0.3 is 11.1 Å². The van der Waals surface area contributed by atoms with Gasteiger partial charge in [-0.05, 0) is 34.1 Å². The van der Waals surface area contributed by atoms with Crippen LogP contribution >= 0.6 is 15.9 Å². The van der Waals surface area contributed by atoms with E-state index in [1.54, 1.807) is 6.07 Å². The molecule has 0 aliphatic heterocycles. The molecule has 0 radical (unpaired) electrons. The molecular weight excluding hydrogens is 254 g/mol. The summed E-state index contributed by atoms with van der Waals surface area (Å²) in [5.74, 6) is 0.